The van der Waals surface area contributed by atoms with Crippen LogP contribution in [0.1, 0.15) is 23.2 Å². The Bertz CT molecular complexity index is 351. The Balaban J connectivity index is 2.52. The maximum atomic E-state index is 11.6. The number of hydrogen-bond donors (Lipinski definition) is 2. The molecule has 0 saturated carbocycles. The first kappa shape index (κ1) is 13.2. The number of carbonyl (C=O) groups excluding carboxylic acids is 1. The van der Waals surface area contributed by atoms with Crippen LogP contribution in [0, 0.1) is 0 Å². The highest BCUT2D eigenvalue weighted by Gasteiger charge is 2.07. The van der Waals surface area contributed by atoms with Crippen molar-refractivity contribution < 1.29 is 4.79 Å². The highest BCUT2D eigenvalue weighted by atomic mass is 35.5. The number of nitrogens with two attached hydrogens (primary N) is 1. The number of aromatic nitrogens is 1. The Morgan fingerprint density at radius 1 is 1.31 bits per heavy atom. The summed E-state index contributed by atoms with van der Waals surface area (Å²) >= 11 is 11.4. The molecule has 0 saturated heterocycles. The Hall–Kier alpha value is -0.840. The molecule has 6 heteroatoms. The van der Waals surface area contributed by atoms with Gasteiger partial charge >= 0.3 is 0 Å². The van der Waals surface area contributed by atoms with Crippen LogP contribution in [-0.4, -0.2) is 24.0 Å². The molecule has 88 valence electrons. The summed E-state index contributed by atoms with van der Waals surface area (Å²) in [5.41, 5.74) is 5.75. The third kappa shape index (κ3) is 4.35. The highest BCUT2D eigenvalue weighted by Crippen LogP contribution is 2.14. The predicted octanol–water partition coefficient (Wildman–Crippen LogP) is 1.86. The van der Waals surface area contributed by atoms with Gasteiger partial charge in [0.25, 0.3) is 5.91 Å². The molecule has 1 amide bonds. The van der Waals surface area contributed by atoms with E-state index in [4.69, 9.17) is 28.9 Å². The van der Waals surface area contributed by atoms with E-state index in [0.717, 1.165) is 12.8 Å². The number of amides is 1. The minimum Gasteiger partial charge on any atom is -0.352 e. The Morgan fingerprint density at radius 3 is 2.50 bits per heavy atom. The van der Waals surface area contributed by atoms with Crippen molar-refractivity contribution in [1.29, 1.82) is 0 Å². The lowest BCUT2D eigenvalue weighted by Gasteiger charge is -2.05. The fourth-order valence-electron chi connectivity index (χ4n) is 1.17. The van der Waals surface area contributed by atoms with Gasteiger partial charge in [0.05, 0.1) is 0 Å². The van der Waals surface area contributed by atoms with Gasteiger partial charge in [-0.2, -0.15) is 0 Å². The molecule has 0 aromatic carbocycles. The van der Waals surface area contributed by atoms with Crippen molar-refractivity contribution in [3.63, 3.8) is 0 Å². The lowest BCUT2D eigenvalue weighted by Crippen LogP contribution is -2.24. The summed E-state index contributed by atoms with van der Waals surface area (Å²) in [4.78, 5) is 15.4. The summed E-state index contributed by atoms with van der Waals surface area (Å²) < 4.78 is 0. The molecule has 0 unspecified atom stereocenters. The minimum atomic E-state index is -0.205. The monoisotopic (exact) mass is 261 g/mol. The standard InChI is InChI=1S/C10H13Cl2N3O/c11-8-5-7(6-9(12)15-8)10(16)14-4-2-1-3-13/h5-6H,1-4,13H2,(H,14,16). The van der Waals surface area contributed by atoms with Crippen LogP contribution in [0.25, 0.3) is 0 Å². The van der Waals surface area contributed by atoms with Gasteiger partial charge in [-0.15, -0.1) is 0 Å². The first-order valence-electron chi connectivity index (χ1n) is 4.95. The van der Waals surface area contributed by atoms with Gasteiger partial charge in [0.1, 0.15) is 10.3 Å². The zero-order valence-electron chi connectivity index (χ0n) is 8.67. The lowest BCUT2D eigenvalue weighted by atomic mass is 10.2. The SMILES string of the molecule is NCCCCNC(=O)c1cc(Cl)nc(Cl)c1. The van der Waals surface area contributed by atoms with E-state index in [0.29, 0.717) is 18.7 Å². The Kier molecular flexibility index (Phi) is 5.52. The van der Waals surface area contributed by atoms with Gasteiger partial charge in [-0.25, -0.2) is 4.98 Å². The molecular weight excluding hydrogens is 249 g/mol. The van der Waals surface area contributed by atoms with E-state index in [2.05, 4.69) is 10.3 Å². The second-order valence-electron chi connectivity index (χ2n) is 3.25. The lowest BCUT2D eigenvalue weighted by molar-refractivity contribution is 0.0953. The molecule has 0 bridgehead atoms. The summed E-state index contributed by atoms with van der Waals surface area (Å²) in [6, 6.07) is 2.96. The quantitative estimate of drug-likeness (QED) is 0.628. The Labute approximate surface area is 104 Å². The van der Waals surface area contributed by atoms with E-state index in [-0.39, 0.29) is 16.2 Å². The molecular formula is C10H13Cl2N3O. The van der Waals surface area contributed by atoms with Crippen molar-refractivity contribution in [1.82, 2.24) is 10.3 Å². The van der Waals surface area contributed by atoms with Gasteiger partial charge in [0, 0.05) is 12.1 Å². The van der Waals surface area contributed by atoms with Crippen LogP contribution < -0.4 is 11.1 Å². The zero-order chi connectivity index (χ0) is 12.0. The van der Waals surface area contributed by atoms with Crippen LogP contribution in [0.15, 0.2) is 12.1 Å². The van der Waals surface area contributed by atoms with Gasteiger partial charge in [-0.3, -0.25) is 4.79 Å². The maximum absolute atomic E-state index is 11.6. The Morgan fingerprint density at radius 2 is 1.94 bits per heavy atom. The van der Waals surface area contributed by atoms with Crippen molar-refractivity contribution in [2.24, 2.45) is 5.73 Å². The molecule has 1 aromatic rings. The van der Waals surface area contributed by atoms with Gasteiger partial charge in [0.2, 0.25) is 0 Å². The second-order valence-corrected chi connectivity index (χ2v) is 4.03. The number of carbonyl (C=O) groups is 1. The fourth-order valence-corrected chi connectivity index (χ4v) is 1.63. The molecule has 0 aliphatic carbocycles. The van der Waals surface area contributed by atoms with Crippen molar-refractivity contribution in [3.05, 3.63) is 28.0 Å². The van der Waals surface area contributed by atoms with Crippen LogP contribution >= 0.6 is 23.2 Å². The maximum Gasteiger partial charge on any atom is 0.251 e. The zero-order valence-corrected chi connectivity index (χ0v) is 10.2. The first-order valence-corrected chi connectivity index (χ1v) is 5.70. The molecule has 16 heavy (non-hydrogen) atoms. The predicted molar refractivity (Wildman–Crippen MR) is 64.9 cm³/mol. The molecule has 0 atom stereocenters. The number of hydrogen-bond acceptors (Lipinski definition) is 3. The van der Waals surface area contributed by atoms with Crippen molar-refractivity contribution in [3.8, 4) is 0 Å². The molecule has 4 nitrogen and oxygen atoms in total. The van der Waals surface area contributed by atoms with E-state index in [1.54, 1.807) is 0 Å². The van der Waals surface area contributed by atoms with Crippen molar-refractivity contribution in [2.75, 3.05) is 13.1 Å². The van der Waals surface area contributed by atoms with E-state index >= 15 is 0 Å². The third-order valence-corrected chi connectivity index (χ3v) is 2.33. The number of halogens is 2. The van der Waals surface area contributed by atoms with Crippen LogP contribution in [0.2, 0.25) is 10.3 Å². The molecule has 0 fully saturated rings. The number of nitrogens with one attached hydrogen (secondary N) is 1. The number of nitrogens with zero attached hydrogens (tertiary/aromatic N) is 1. The number of pyridine rings is 1. The molecule has 0 aliphatic heterocycles. The van der Waals surface area contributed by atoms with Crippen LogP contribution in [0.3, 0.4) is 0 Å². The first-order chi connectivity index (χ1) is 7.63. The highest BCUT2D eigenvalue weighted by molar-refractivity contribution is 6.33. The average molecular weight is 262 g/mol. The molecule has 1 heterocycles. The van der Waals surface area contributed by atoms with Crippen LogP contribution in [0.4, 0.5) is 0 Å². The van der Waals surface area contributed by atoms with E-state index in [1.165, 1.54) is 12.1 Å². The molecule has 1 rings (SSSR count). The second kappa shape index (κ2) is 6.68. The summed E-state index contributed by atoms with van der Waals surface area (Å²) in [7, 11) is 0. The van der Waals surface area contributed by atoms with Crippen molar-refractivity contribution >= 4 is 29.1 Å². The molecule has 0 aliphatic rings. The van der Waals surface area contributed by atoms with E-state index in [9.17, 15) is 4.79 Å². The summed E-state index contributed by atoms with van der Waals surface area (Å²) in [6.45, 7) is 1.22. The van der Waals surface area contributed by atoms with Crippen LogP contribution in [0.5, 0.6) is 0 Å². The van der Waals surface area contributed by atoms with Crippen LogP contribution in [-0.2, 0) is 0 Å². The van der Waals surface area contributed by atoms with Gasteiger partial charge < -0.3 is 11.1 Å². The summed E-state index contributed by atoms with van der Waals surface area (Å²) in [6.07, 6.45) is 1.74. The number of unbranched alkanes of at least 4 members (excludes halogenated alkanes) is 1. The summed E-state index contributed by atoms with van der Waals surface area (Å²) in [5, 5.41) is 3.16. The molecule has 0 radical (unpaired) electrons. The van der Waals surface area contributed by atoms with Gasteiger partial charge in [0.15, 0.2) is 0 Å². The molecule has 0 spiro atoms. The fraction of sp³-hybridized carbons (Fsp3) is 0.400. The minimum absolute atomic E-state index is 0.205. The van der Waals surface area contributed by atoms with Gasteiger partial charge in [-0.05, 0) is 31.5 Å². The van der Waals surface area contributed by atoms with E-state index < -0.39 is 0 Å². The largest absolute Gasteiger partial charge is 0.352 e. The topological polar surface area (TPSA) is 68.0 Å². The number of rotatable bonds is 5. The van der Waals surface area contributed by atoms with Gasteiger partial charge in [-0.1, -0.05) is 23.2 Å². The third-order valence-electron chi connectivity index (χ3n) is 1.94. The van der Waals surface area contributed by atoms with Crippen molar-refractivity contribution in [2.45, 2.75) is 12.8 Å². The normalized spacial score (nSPS) is 10.2. The average Bonchev–Trinajstić information content (AvgIpc) is 2.22. The molecule has 3 N–H and O–H groups in total. The van der Waals surface area contributed by atoms with E-state index in [1.807, 2.05) is 0 Å². The molecule has 1 aromatic heterocycles. The summed E-state index contributed by atoms with van der Waals surface area (Å²) in [5.74, 6) is -0.205. The smallest absolute Gasteiger partial charge is 0.251 e.